The third-order valence-corrected chi connectivity index (χ3v) is 7.32. The van der Waals surface area contributed by atoms with Crippen LogP contribution >= 0.6 is 11.3 Å². The Kier molecular flexibility index (Phi) is 5.16. The third kappa shape index (κ3) is 3.88. The van der Waals surface area contributed by atoms with Gasteiger partial charge in [0.2, 0.25) is 5.67 Å². The zero-order chi connectivity index (χ0) is 17.9. The highest BCUT2D eigenvalue weighted by molar-refractivity contribution is 7.91. The lowest BCUT2D eigenvalue weighted by Crippen LogP contribution is -2.55. The molecule has 0 bridgehead atoms. The molecular weight excluding hydrogens is 365 g/mol. The molecule has 2 aromatic rings. The van der Waals surface area contributed by atoms with Crippen LogP contribution in [0.25, 0.3) is 0 Å². The summed E-state index contributed by atoms with van der Waals surface area (Å²) in [5, 5.41) is 4.21. The third-order valence-electron chi connectivity index (χ3n) is 4.11. The van der Waals surface area contributed by atoms with E-state index in [-0.39, 0.29) is 23.7 Å². The predicted molar refractivity (Wildman–Crippen MR) is 92.2 cm³/mol. The minimum absolute atomic E-state index is 0.00559. The van der Waals surface area contributed by atoms with Crippen molar-refractivity contribution in [2.75, 3.05) is 13.1 Å². The van der Waals surface area contributed by atoms with Gasteiger partial charge in [-0.2, -0.15) is 4.31 Å². The maximum Gasteiger partial charge on any atom is 0.259 e. The number of aromatic nitrogens is 1. The number of amides is 1. The molecule has 3 heterocycles. The number of hydrogen-bond donors (Lipinski definition) is 1. The molecule has 0 spiro atoms. The second-order valence-corrected chi connectivity index (χ2v) is 8.99. The van der Waals surface area contributed by atoms with Crippen molar-refractivity contribution in [3.8, 4) is 0 Å². The van der Waals surface area contributed by atoms with E-state index in [0.717, 1.165) is 21.2 Å². The Balaban J connectivity index is 1.69. The first-order chi connectivity index (χ1) is 11.9. The molecule has 1 N–H and O–H groups in total. The predicted octanol–water partition coefficient (Wildman–Crippen LogP) is 1.95. The molecule has 1 amide bonds. The number of alkyl halides is 1. The first-order valence-electron chi connectivity index (χ1n) is 7.82. The van der Waals surface area contributed by atoms with E-state index in [1.807, 2.05) is 0 Å². The maximum absolute atomic E-state index is 15.2. The normalized spacial score (nSPS) is 21.8. The van der Waals surface area contributed by atoms with Crippen LogP contribution < -0.4 is 5.32 Å². The van der Waals surface area contributed by atoms with Gasteiger partial charge < -0.3 is 5.32 Å². The van der Waals surface area contributed by atoms with E-state index < -0.39 is 28.1 Å². The Hall–Kier alpha value is -1.84. The summed E-state index contributed by atoms with van der Waals surface area (Å²) in [5.74, 6) is -0.782. The molecule has 9 heteroatoms. The van der Waals surface area contributed by atoms with E-state index in [1.54, 1.807) is 36.0 Å². The first kappa shape index (κ1) is 18.0. The van der Waals surface area contributed by atoms with Gasteiger partial charge in [-0.1, -0.05) is 6.07 Å². The summed E-state index contributed by atoms with van der Waals surface area (Å²) < 4.78 is 41.5. The standard InChI is InChI=1S/C16H18FN3O3S2/c17-16(15(21)19-11-13-4-7-18-8-5-13)6-2-9-20(12-16)25(22,23)14-3-1-10-24-14/h1,3-5,7-8,10H,2,6,9,11-12H2,(H,19,21). The van der Waals surface area contributed by atoms with Crippen LogP contribution in [0.3, 0.4) is 0 Å². The van der Waals surface area contributed by atoms with Crippen molar-refractivity contribution in [2.24, 2.45) is 0 Å². The number of halogens is 1. The van der Waals surface area contributed by atoms with Crippen molar-refractivity contribution in [3.05, 3.63) is 47.6 Å². The van der Waals surface area contributed by atoms with Crippen LogP contribution in [0.1, 0.15) is 18.4 Å². The summed E-state index contributed by atoms with van der Waals surface area (Å²) in [6.07, 6.45) is 3.47. The molecule has 6 nitrogen and oxygen atoms in total. The van der Waals surface area contributed by atoms with Crippen molar-refractivity contribution in [1.29, 1.82) is 0 Å². The number of carbonyl (C=O) groups excluding carboxylic acids is 1. The summed E-state index contributed by atoms with van der Waals surface area (Å²) >= 11 is 1.08. The molecule has 3 rings (SSSR count). The zero-order valence-electron chi connectivity index (χ0n) is 13.4. The molecule has 1 unspecified atom stereocenters. The Morgan fingerprint density at radius 2 is 2.12 bits per heavy atom. The van der Waals surface area contributed by atoms with Crippen LogP contribution in [0, 0.1) is 0 Å². The molecule has 0 aromatic carbocycles. The van der Waals surface area contributed by atoms with Crippen LogP contribution in [0.4, 0.5) is 4.39 Å². The van der Waals surface area contributed by atoms with Gasteiger partial charge in [0.25, 0.3) is 15.9 Å². The van der Waals surface area contributed by atoms with Crippen molar-refractivity contribution in [3.63, 3.8) is 0 Å². The first-order valence-corrected chi connectivity index (χ1v) is 10.1. The van der Waals surface area contributed by atoms with Crippen LogP contribution in [-0.4, -0.2) is 42.4 Å². The fourth-order valence-corrected chi connectivity index (χ4v) is 5.41. The van der Waals surface area contributed by atoms with Gasteiger partial charge in [0.1, 0.15) is 4.21 Å². The molecule has 0 aliphatic carbocycles. The van der Waals surface area contributed by atoms with Gasteiger partial charge in [0.05, 0.1) is 6.54 Å². The monoisotopic (exact) mass is 383 g/mol. The molecule has 1 saturated heterocycles. The van der Waals surface area contributed by atoms with Gasteiger partial charge >= 0.3 is 0 Å². The van der Waals surface area contributed by atoms with Crippen LogP contribution in [0.5, 0.6) is 0 Å². The van der Waals surface area contributed by atoms with E-state index in [0.29, 0.717) is 6.42 Å². The molecule has 25 heavy (non-hydrogen) atoms. The number of thiophene rings is 1. The van der Waals surface area contributed by atoms with E-state index in [9.17, 15) is 13.2 Å². The number of carbonyl (C=O) groups is 1. The van der Waals surface area contributed by atoms with Gasteiger partial charge in [-0.15, -0.1) is 11.3 Å². The summed E-state index contributed by atoms with van der Waals surface area (Å²) in [5.41, 5.74) is -1.43. The van der Waals surface area contributed by atoms with Crippen LogP contribution in [0.2, 0.25) is 0 Å². The SMILES string of the molecule is O=C(NCc1ccncc1)C1(F)CCCN(S(=O)(=O)c2cccs2)C1. The highest BCUT2D eigenvalue weighted by atomic mass is 32.2. The van der Waals surface area contributed by atoms with Gasteiger partial charge in [0.15, 0.2) is 0 Å². The van der Waals surface area contributed by atoms with Gasteiger partial charge in [-0.05, 0) is 42.0 Å². The number of piperidine rings is 1. The Bertz CT molecular complexity index is 828. The van der Waals surface area contributed by atoms with Crippen molar-refractivity contribution < 1.29 is 17.6 Å². The highest BCUT2D eigenvalue weighted by Crippen LogP contribution is 2.31. The molecule has 0 radical (unpaired) electrons. The lowest BCUT2D eigenvalue weighted by molar-refractivity contribution is -0.135. The number of hydrogen-bond acceptors (Lipinski definition) is 5. The number of sulfonamides is 1. The lowest BCUT2D eigenvalue weighted by atomic mass is 9.95. The molecule has 1 aliphatic rings. The maximum atomic E-state index is 15.2. The van der Waals surface area contributed by atoms with E-state index >= 15 is 4.39 Å². The summed E-state index contributed by atoms with van der Waals surface area (Å²) in [6.45, 7) is -0.0797. The summed E-state index contributed by atoms with van der Waals surface area (Å²) in [6, 6.07) is 6.56. The Labute approximate surface area is 149 Å². The fourth-order valence-electron chi connectivity index (χ4n) is 2.74. The molecule has 0 saturated carbocycles. The largest absolute Gasteiger partial charge is 0.349 e. The van der Waals surface area contributed by atoms with Crippen LogP contribution in [0.15, 0.2) is 46.2 Å². The fraction of sp³-hybridized carbons (Fsp3) is 0.375. The van der Waals surface area contributed by atoms with E-state index in [1.165, 1.54) is 6.07 Å². The second kappa shape index (κ2) is 7.19. The number of pyridine rings is 1. The van der Waals surface area contributed by atoms with E-state index in [4.69, 9.17) is 0 Å². The lowest BCUT2D eigenvalue weighted by Gasteiger charge is -2.35. The van der Waals surface area contributed by atoms with Gasteiger partial charge in [-0.3, -0.25) is 9.78 Å². The topological polar surface area (TPSA) is 79.4 Å². The Morgan fingerprint density at radius 1 is 1.36 bits per heavy atom. The summed E-state index contributed by atoms with van der Waals surface area (Å²) in [7, 11) is -3.77. The molecular formula is C16H18FN3O3S2. The van der Waals surface area contributed by atoms with E-state index in [2.05, 4.69) is 10.3 Å². The molecule has 134 valence electrons. The molecule has 2 aromatic heterocycles. The van der Waals surface area contributed by atoms with Gasteiger partial charge in [-0.25, -0.2) is 12.8 Å². The zero-order valence-corrected chi connectivity index (χ0v) is 15.0. The van der Waals surface area contributed by atoms with Crippen molar-refractivity contribution in [1.82, 2.24) is 14.6 Å². The smallest absolute Gasteiger partial charge is 0.259 e. The molecule has 1 atom stereocenters. The highest BCUT2D eigenvalue weighted by Gasteiger charge is 2.46. The minimum atomic E-state index is -3.77. The Morgan fingerprint density at radius 3 is 2.80 bits per heavy atom. The minimum Gasteiger partial charge on any atom is -0.349 e. The molecule has 1 aliphatic heterocycles. The number of nitrogens with zero attached hydrogens (tertiary/aromatic N) is 2. The second-order valence-electron chi connectivity index (χ2n) is 5.88. The summed E-state index contributed by atoms with van der Waals surface area (Å²) in [4.78, 5) is 16.2. The average Bonchev–Trinajstić information content (AvgIpc) is 3.16. The van der Waals surface area contributed by atoms with Gasteiger partial charge in [0, 0.05) is 25.5 Å². The van der Waals surface area contributed by atoms with Crippen molar-refractivity contribution >= 4 is 27.3 Å². The average molecular weight is 383 g/mol. The number of rotatable bonds is 5. The van der Waals surface area contributed by atoms with Crippen molar-refractivity contribution in [2.45, 2.75) is 29.3 Å². The molecule has 1 fully saturated rings. The quantitative estimate of drug-likeness (QED) is 0.856. The van der Waals surface area contributed by atoms with Crippen LogP contribution in [-0.2, 0) is 21.4 Å². The number of nitrogens with one attached hydrogen (secondary N) is 1.